The average Bonchev–Trinajstić information content (AvgIpc) is 2.10. The van der Waals surface area contributed by atoms with E-state index in [1.807, 2.05) is 0 Å². The van der Waals surface area contributed by atoms with Gasteiger partial charge in [-0.05, 0) is 40.3 Å². The molecule has 0 aliphatic carbocycles. The van der Waals surface area contributed by atoms with Crippen LogP contribution in [0.1, 0.15) is 0 Å². The van der Waals surface area contributed by atoms with Gasteiger partial charge in [-0.25, -0.2) is 0 Å². The minimum absolute atomic E-state index is 0. The maximum atomic E-state index is 8.95. The zero-order valence-electron chi connectivity index (χ0n) is 6.61. The molecule has 0 amide bonds. The second kappa shape index (κ2) is 18.8. The summed E-state index contributed by atoms with van der Waals surface area (Å²) in [5.74, 6) is 0. The summed E-state index contributed by atoms with van der Waals surface area (Å²) >= 11 is 0. The van der Waals surface area contributed by atoms with Crippen molar-refractivity contribution in [1.29, 1.82) is 0 Å². The second-order valence-corrected chi connectivity index (χ2v) is 0.680. The Morgan fingerprint density at radius 3 is 0.929 bits per heavy atom. The van der Waals surface area contributed by atoms with Gasteiger partial charge in [-0.2, -0.15) is 0 Å². The van der Waals surface area contributed by atoms with Crippen molar-refractivity contribution in [3.8, 4) is 0 Å². The number of hydrogen-bond donors (Lipinski definition) is 0. The van der Waals surface area contributed by atoms with Crippen molar-refractivity contribution in [2.24, 2.45) is 0 Å². The predicted molar refractivity (Wildman–Crippen MR) is 17.3 cm³/mol. The molecule has 82 valence electrons. The Balaban J connectivity index is -0.000000605. The summed E-state index contributed by atoms with van der Waals surface area (Å²) in [7, 11) is 0. The van der Waals surface area contributed by atoms with Crippen LogP contribution in [-0.2, 0) is 69.9 Å². The minimum atomic E-state index is 0. The summed E-state index contributed by atoms with van der Waals surface area (Å²) in [5, 5.41) is 49.0. The molecule has 0 saturated heterocycles. The van der Waals surface area contributed by atoms with Gasteiger partial charge in [-0.1, -0.05) is 0 Å². The summed E-state index contributed by atoms with van der Waals surface area (Å²) in [4.78, 5) is 0. The molecule has 0 heterocycles. The van der Waals surface area contributed by atoms with Crippen molar-refractivity contribution < 1.29 is 80.4 Å². The molecule has 0 aromatic rings. The maximum Gasteiger partial charge on any atom is 2.00 e. The van der Waals surface area contributed by atoms with Gasteiger partial charge in [0.25, 0.3) is 0 Å². The van der Waals surface area contributed by atoms with Crippen LogP contribution < -0.4 is 10.5 Å². The molecule has 0 spiro atoms. The van der Waals surface area contributed by atoms with E-state index in [9.17, 15) is 0 Å². The summed E-state index contributed by atoms with van der Waals surface area (Å²) in [6.45, 7) is 0. The third kappa shape index (κ3) is 18.0. The number of hydrogen-bond acceptors (Lipinski definition) is 12. The molecule has 13 heteroatoms. The molecule has 0 bridgehead atoms. The van der Waals surface area contributed by atoms with Crippen molar-refractivity contribution in [1.82, 2.24) is 0 Å². The Bertz CT molecular complexity index is 66.7. The van der Waals surface area contributed by atoms with E-state index in [1.165, 1.54) is 0 Å². The van der Waals surface area contributed by atoms with Gasteiger partial charge in [0.15, 0.2) is 0 Å². The smallest absolute Gasteiger partial charge is 0.689 e. The zero-order valence-corrected chi connectivity index (χ0v) is 9.57. The predicted octanol–water partition coefficient (Wildman–Crippen LogP) is -2.61. The summed E-state index contributed by atoms with van der Waals surface area (Å²) in [5.41, 5.74) is 0. The molecule has 0 aromatic heterocycles. The van der Waals surface area contributed by atoms with Crippen LogP contribution >= 0.6 is 0 Å². The SMILES string of the molecule is [CH3-].[O-]OOOOOOOOOO[O-].[Zn+2]. The van der Waals surface area contributed by atoms with Crippen molar-refractivity contribution in [3.05, 3.63) is 7.43 Å². The standard InChI is InChI=1S/CH3.H2O12.Zn/c;1-3-5-7-9-11-12-10-8-6-4-2;/h1H3;1-2H;/q-1;;+2/p-2. The van der Waals surface area contributed by atoms with Gasteiger partial charge in [0.05, 0.1) is 0 Å². The third-order valence-electron chi connectivity index (χ3n) is 0.250. The molecule has 0 aromatic carbocycles. The molecule has 0 fully saturated rings. The van der Waals surface area contributed by atoms with Crippen LogP contribution in [0.25, 0.3) is 0 Å². The van der Waals surface area contributed by atoms with Crippen molar-refractivity contribution >= 4 is 0 Å². The normalized spacial score (nSPS) is 9.00. The van der Waals surface area contributed by atoms with E-state index in [1.54, 1.807) is 0 Å². The first kappa shape index (κ1) is 19.7. The Morgan fingerprint density at radius 2 is 0.714 bits per heavy atom. The van der Waals surface area contributed by atoms with E-state index in [0.717, 1.165) is 0 Å². The molecular weight excluding hydrogens is 269 g/mol. The zero-order chi connectivity index (χ0) is 9.07. The fourth-order valence-corrected chi connectivity index (χ4v) is 0.0907. The molecule has 0 aliphatic rings. The molecule has 0 radical (unpaired) electrons. The van der Waals surface area contributed by atoms with E-state index in [4.69, 9.17) is 10.5 Å². The largest absolute Gasteiger partial charge is 2.00 e. The van der Waals surface area contributed by atoms with Crippen LogP contribution in [0.3, 0.4) is 0 Å². The summed E-state index contributed by atoms with van der Waals surface area (Å²) in [6, 6.07) is 0. The minimum Gasteiger partial charge on any atom is -0.689 e. The molecule has 0 saturated carbocycles. The Labute approximate surface area is 88.6 Å². The van der Waals surface area contributed by atoms with Crippen molar-refractivity contribution in [2.75, 3.05) is 0 Å². The fourth-order valence-electron chi connectivity index (χ4n) is 0.0907. The monoisotopic (exact) mass is 271 g/mol. The Kier molecular flexibility index (Phi) is 26.5. The van der Waals surface area contributed by atoms with Crippen molar-refractivity contribution in [3.63, 3.8) is 0 Å². The van der Waals surface area contributed by atoms with Gasteiger partial charge >= 0.3 is 19.5 Å². The van der Waals surface area contributed by atoms with Crippen LogP contribution in [0.15, 0.2) is 0 Å². The first-order valence-electron chi connectivity index (χ1n) is 1.83. The van der Waals surface area contributed by atoms with Gasteiger partial charge in [0, 0.05) is 0 Å². The Morgan fingerprint density at radius 1 is 0.500 bits per heavy atom. The molecular formula is CH3O12Zn-. The van der Waals surface area contributed by atoms with E-state index in [-0.39, 0.29) is 26.9 Å². The summed E-state index contributed by atoms with van der Waals surface area (Å²) in [6.07, 6.45) is 0. The molecule has 14 heavy (non-hydrogen) atoms. The van der Waals surface area contributed by atoms with E-state index >= 15 is 0 Å². The van der Waals surface area contributed by atoms with E-state index < -0.39 is 0 Å². The van der Waals surface area contributed by atoms with Crippen LogP contribution in [-0.4, -0.2) is 0 Å². The quantitative estimate of drug-likeness (QED) is 0.143. The molecule has 0 unspecified atom stereocenters. The van der Waals surface area contributed by atoms with Gasteiger partial charge in [0.1, 0.15) is 0 Å². The molecule has 0 aliphatic heterocycles. The van der Waals surface area contributed by atoms with Gasteiger partial charge < -0.3 is 17.9 Å². The van der Waals surface area contributed by atoms with Crippen LogP contribution in [0.5, 0.6) is 0 Å². The van der Waals surface area contributed by atoms with Crippen LogP contribution in [0.4, 0.5) is 0 Å². The summed E-state index contributed by atoms with van der Waals surface area (Å²) < 4.78 is 0. The van der Waals surface area contributed by atoms with E-state index in [0.29, 0.717) is 0 Å². The van der Waals surface area contributed by atoms with Gasteiger partial charge in [0.2, 0.25) is 0 Å². The maximum absolute atomic E-state index is 8.95. The average molecular weight is 272 g/mol. The van der Waals surface area contributed by atoms with Crippen molar-refractivity contribution in [2.45, 2.75) is 0 Å². The first-order valence-corrected chi connectivity index (χ1v) is 1.83. The number of rotatable bonds is 9. The van der Waals surface area contributed by atoms with Crippen LogP contribution in [0, 0.1) is 7.43 Å². The molecule has 0 N–H and O–H groups in total. The fraction of sp³-hybridized carbons (Fsp3) is 0. The van der Waals surface area contributed by atoms with Crippen LogP contribution in [0.2, 0.25) is 0 Å². The molecule has 0 atom stereocenters. The Hall–Kier alpha value is 0.143. The second-order valence-electron chi connectivity index (χ2n) is 0.680. The van der Waals surface area contributed by atoms with Gasteiger partial charge in [-0.3, -0.25) is 10.1 Å². The third-order valence-corrected chi connectivity index (χ3v) is 0.250. The van der Waals surface area contributed by atoms with Gasteiger partial charge in [-0.15, -0.1) is 0 Å². The topological polar surface area (TPSA) is 138 Å². The van der Waals surface area contributed by atoms with E-state index in [2.05, 4.69) is 50.4 Å². The first-order chi connectivity index (χ1) is 5.91. The molecule has 12 nitrogen and oxygen atoms in total. The molecule has 0 rings (SSSR count).